The van der Waals surface area contributed by atoms with E-state index in [0.717, 1.165) is 5.56 Å². The molecule has 0 unspecified atom stereocenters. The molecule has 4 aromatic rings. The van der Waals surface area contributed by atoms with Crippen LogP contribution in [0.5, 0.6) is 0 Å². The molecule has 0 bridgehead atoms. The second-order valence-corrected chi connectivity index (χ2v) is 8.05. The van der Waals surface area contributed by atoms with E-state index in [4.69, 9.17) is 23.2 Å². The van der Waals surface area contributed by atoms with Crippen LogP contribution in [0.4, 0.5) is 10.2 Å². The Kier molecular flexibility index (Phi) is 5.90. The minimum Gasteiger partial charge on any atom is -0.303 e. The van der Waals surface area contributed by atoms with Crippen molar-refractivity contribution < 1.29 is 9.18 Å². The predicted molar refractivity (Wildman–Crippen MR) is 117 cm³/mol. The number of nitrogens with one attached hydrogen (secondary N) is 2. The number of rotatable bonds is 5. The topological polar surface area (TPSA) is 75.6 Å². The molecule has 0 spiro atoms. The first kappa shape index (κ1) is 20.6. The van der Waals surface area contributed by atoms with Gasteiger partial charge in [-0.25, -0.2) is 4.39 Å². The number of aromatic nitrogens is 4. The summed E-state index contributed by atoms with van der Waals surface area (Å²) in [6.07, 6.45) is 1.63. The van der Waals surface area contributed by atoms with Crippen LogP contribution >= 0.6 is 39.1 Å². The molecule has 2 aromatic carbocycles. The number of amides is 1. The van der Waals surface area contributed by atoms with E-state index in [2.05, 4.69) is 36.5 Å². The Labute approximate surface area is 189 Å². The van der Waals surface area contributed by atoms with E-state index >= 15 is 0 Å². The van der Waals surface area contributed by atoms with Gasteiger partial charge in [-0.15, -0.1) is 0 Å². The molecule has 0 atom stereocenters. The van der Waals surface area contributed by atoms with Crippen LogP contribution in [-0.2, 0) is 6.54 Å². The van der Waals surface area contributed by atoms with Crippen LogP contribution in [0.1, 0.15) is 16.1 Å². The van der Waals surface area contributed by atoms with Crippen molar-refractivity contribution in [3.63, 3.8) is 0 Å². The van der Waals surface area contributed by atoms with Gasteiger partial charge in [-0.2, -0.15) is 10.2 Å². The first-order valence-corrected chi connectivity index (χ1v) is 10.2. The summed E-state index contributed by atoms with van der Waals surface area (Å²) in [6, 6.07) is 13.2. The average Bonchev–Trinajstić information content (AvgIpc) is 3.33. The summed E-state index contributed by atoms with van der Waals surface area (Å²) in [6.45, 7) is 0.116. The second-order valence-electron chi connectivity index (χ2n) is 6.35. The van der Waals surface area contributed by atoms with Crippen LogP contribution in [0, 0.1) is 5.82 Å². The maximum atomic E-state index is 14.0. The van der Waals surface area contributed by atoms with E-state index in [1.165, 1.54) is 16.8 Å². The third kappa shape index (κ3) is 4.40. The van der Waals surface area contributed by atoms with Gasteiger partial charge in [-0.1, -0.05) is 41.4 Å². The van der Waals surface area contributed by atoms with E-state index in [9.17, 15) is 9.18 Å². The summed E-state index contributed by atoms with van der Waals surface area (Å²) in [4.78, 5) is 12.6. The minimum atomic E-state index is -0.424. The summed E-state index contributed by atoms with van der Waals surface area (Å²) in [5.74, 6) is -0.556. The van der Waals surface area contributed by atoms with Gasteiger partial charge < -0.3 is 5.32 Å². The van der Waals surface area contributed by atoms with Gasteiger partial charge in [-0.05, 0) is 46.3 Å². The van der Waals surface area contributed by atoms with Gasteiger partial charge >= 0.3 is 0 Å². The van der Waals surface area contributed by atoms with Crippen LogP contribution in [0.15, 0.2) is 59.2 Å². The number of nitrogens with zero attached hydrogens (tertiary/aromatic N) is 3. The fraction of sp³-hybridized carbons (Fsp3) is 0.0500. The molecule has 1 amide bonds. The molecule has 152 valence electrons. The maximum absolute atomic E-state index is 14.0. The van der Waals surface area contributed by atoms with E-state index in [1.54, 1.807) is 30.5 Å². The molecule has 10 heteroatoms. The summed E-state index contributed by atoms with van der Waals surface area (Å²) < 4.78 is 16.0. The Bertz CT molecular complexity index is 1200. The highest BCUT2D eigenvalue weighted by molar-refractivity contribution is 9.10. The molecule has 0 fully saturated rings. The van der Waals surface area contributed by atoms with Crippen LogP contribution < -0.4 is 5.32 Å². The van der Waals surface area contributed by atoms with E-state index in [-0.39, 0.29) is 18.1 Å². The van der Waals surface area contributed by atoms with Gasteiger partial charge in [0.05, 0.1) is 16.7 Å². The number of hydrogen-bond donors (Lipinski definition) is 2. The molecule has 2 aromatic heterocycles. The first-order valence-electron chi connectivity index (χ1n) is 8.69. The molecule has 0 saturated heterocycles. The first-order chi connectivity index (χ1) is 14.4. The summed E-state index contributed by atoms with van der Waals surface area (Å²) >= 11 is 15.3. The normalized spacial score (nSPS) is 10.9. The molecule has 6 nitrogen and oxygen atoms in total. The van der Waals surface area contributed by atoms with Crippen LogP contribution in [-0.4, -0.2) is 25.9 Å². The van der Waals surface area contributed by atoms with E-state index in [0.29, 0.717) is 25.8 Å². The van der Waals surface area contributed by atoms with Crippen molar-refractivity contribution in [2.24, 2.45) is 0 Å². The standard InChI is InChI=1S/C20H13BrCl2FN5O/c21-14-10-29(9-13-15(23)2-1-3-16(13)24)28-19(14)25-20(30)18-8-17(26-27-18)11-4-6-12(22)7-5-11/h1-8,10H,9H2,(H,26,27)(H,25,28,30). The smallest absolute Gasteiger partial charge is 0.274 e. The lowest BCUT2D eigenvalue weighted by Gasteiger charge is -2.05. The number of hydrogen-bond acceptors (Lipinski definition) is 3. The van der Waals surface area contributed by atoms with Gasteiger partial charge in [0.25, 0.3) is 5.91 Å². The van der Waals surface area contributed by atoms with Crippen molar-refractivity contribution in [3.05, 3.63) is 86.3 Å². The number of carbonyl (C=O) groups is 1. The zero-order valence-electron chi connectivity index (χ0n) is 15.2. The monoisotopic (exact) mass is 507 g/mol. The Hall–Kier alpha value is -2.68. The van der Waals surface area contributed by atoms with E-state index in [1.807, 2.05) is 12.1 Å². The largest absolute Gasteiger partial charge is 0.303 e. The lowest BCUT2D eigenvalue weighted by atomic mass is 10.1. The molecule has 0 aliphatic heterocycles. The highest BCUT2D eigenvalue weighted by Gasteiger charge is 2.16. The molecule has 0 aliphatic carbocycles. The second kappa shape index (κ2) is 8.59. The lowest BCUT2D eigenvalue weighted by molar-refractivity contribution is 0.102. The lowest BCUT2D eigenvalue weighted by Crippen LogP contribution is -2.13. The van der Waals surface area contributed by atoms with Gasteiger partial charge in [0, 0.05) is 27.4 Å². The molecular formula is C20H13BrCl2FN5O. The number of aromatic amines is 1. The van der Waals surface area contributed by atoms with Crippen LogP contribution in [0.25, 0.3) is 11.3 Å². The fourth-order valence-electron chi connectivity index (χ4n) is 2.79. The fourth-order valence-corrected chi connectivity index (χ4v) is 3.55. The van der Waals surface area contributed by atoms with E-state index < -0.39 is 11.7 Å². The molecular weight excluding hydrogens is 496 g/mol. The quantitative estimate of drug-likeness (QED) is 0.358. The third-order valence-electron chi connectivity index (χ3n) is 4.29. The Morgan fingerprint density at radius 3 is 2.70 bits per heavy atom. The van der Waals surface area contributed by atoms with Crippen molar-refractivity contribution in [3.8, 4) is 11.3 Å². The predicted octanol–water partition coefficient (Wildman–Crippen LogP) is 5.78. The average molecular weight is 509 g/mol. The van der Waals surface area contributed by atoms with Crippen LogP contribution in [0.2, 0.25) is 10.0 Å². The molecule has 4 rings (SSSR count). The van der Waals surface area contributed by atoms with Gasteiger partial charge in [0.15, 0.2) is 5.82 Å². The molecule has 0 radical (unpaired) electrons. The zero-order chi connectivity index (χ0) is 21.3. The zero-order valence-corrected chi connectivity index (χ0v) is 18.3. The van der Waals surface area contributed by atoms with Gasteiger partial charge in [0.2, 0.25) is 0 Å². The molecule has 0 aliphatic rings. The number of benzene rings is 2. The number of halogens is 4. The highest BCUT2D eigenvalue weighted by atomic mass is 79.9. The summed E-state index contributed by atoms with van der Waals surface area (Å²) in [5, 5.41) is 14.8. The van der Waals surface area contributed by atoms with Crippen molar-refractivity contribution >= 4 is 50.9 Å². The number of anilines is 1. The highest BCUT2D eigenvalue weighted by Crippen LogP contribution is 2.25. The Balaban J connectivity index is 1.50. The molecule has 2 heterocycles. The minimum absolute atomic E-state index is 0.116. The Morgan fingerprint density at radius 2 is 1.97 bits per heavy atom. The summed E-state index contributed by atoms with van der Waals surface area (Å²) in [5.41, 5.74) is 2.00. The molecule has 2 N–H and O–H groups in total. The van der Waals surface area contributed by atoms with Crippen LogP contribution in [0.3, 0.4) is 0 Å². The van der Waals surface area contributed by atoms with Gasteiger partial charge in [0.1, 0.15) is 11.5 Å². The van der Waals surface area contributed by atoms with Crippen molar-refractivity contribution in [2.75, 3.05) is 5.32 Å². The third-order valence-corrected chi connectivity index (χ3v) is 5.48. The molecule has 30 heavy (non-hydrogen) atoms. The van der Waals surface area contributed by atoms with Crippen molar-refractivity contribution in [2.45, 2.75) is 6.54 Å². The van der Waals surface area contributed by atoms with Crippen molar-refractivity contribution in [1.82, 2.24) is 20.0 Å². The SMILES string of the molecule is O=C(Nc1nn(Cc2c(F)cccc2Cl)cc1Br)c1cc(-c2ccc(Cl)cc2)n[nH]1. The Morgan fingerprint density at radius 1 is 1.20 bits per heavy atom. The molecule has 0 saturated carbocycles. The maximum Gasteiger partial charge on any atom is 0.274 e. The number of carbonyl (C=O) groups excluding carboxylic acids is 1. The van der Waals surface area contributed by atoms with Gasteiger partial charge in [-0.3, -0.25) is 14.6 Å². The summed E-state index contributed by atoms with van der Waals surface area (Å²) in [7, 11) is 0. The van der Waals surface area contributed by atoms with Crippen molar-refractivity contribution in [1.29, 1.82) is 0 Å². The number of H-pyrrole nitrogens is 1.